The molecule has 0 saturated carbocycles. The van der Waals surface area contributed by atoms with Crippen molar-refractivity contribution >= 4 is 10.0 Å². The zero-order valence-electron chi connectivity index (χ0n) is 9.63. The van der Waals surface area contributed by atoms with E-state index in [-0.39, 0.29) is 4.90 Å². The maximum atomic E-state index is 11.4. The number of benzene rings is 1. The molecule has 1 aromatic carbocycles. The van der Waals surface area contributed by atoms with Crippen LogP contribution in [0.1, 0.15) is 18.4 Å². The van der Waals surface area contributed by atoms with Gasteiger partial charge in [0.2, 0.25) is 10.0 Å². The Kier molecular flexibility index (Phi) is 3.81. The first-order valence-corrected chi connectivity index (χ1v) is 7.30. The molecular formula is C12H17NO3S. The Morgan fingerprint density at radius 2 is 2.12 bits per heavy atom. The van der Waals surface area contributed by atoms with Crippen LogP contribution in [-0.4, -0.2) is 21.6 Å². The van der Waals surface area contributed by atoms with E-state index in [0.717, 1.165) is 25.0 Å². The molecular weight excluding hydrogens is 238 g/mol. The summed E-state index contributed by atoms with van der Waals surface area (Å²) >= 11 is 0. The van der Waals surface area contributed by atoms with E-state index in [1.165, 1.54) is 0 Å². The lowest BCUT2D eigenvalue weighted by atomic mass is 9.94. The van der Waals surface area contributed by atoms with Crippen molar-refractivity contribution in [2.45, 2.75) is 24.2 Å². The van der Waals surface area contributed by atoms with Gasteiger partial charge in [0.05, 0.1) is 4.90 Å². The molecule has 1 unspecified atom stereocenters. The van der Waals surface area contributed by atoms with Crippen LogP contribution in [0.3, 0.4) is 0 Å². The number of hydrogen-bond acceptors (Lipinski definition) is 3. The molecule has 0 aliphatic carbocycles. The van der Waals surface area contributed by atoms with E-state index in [9.17, 15) is 8.42 Å². The number of hydrogen-bond donors (Lipinski definition) is 1. The van der Waals surface area contributed by atoms with Gasteiger partial charge in [-0.2, -0.15) is 0 Å². The smallest absolute Gasteiger partial charge is 0.238 e. The summed E-state index contributed by atoms with van der Waals surface area (Å²) in [5, 5.41) is 5.20. The number of ether oxygens (including phenoxy) is 1. The van der Waals surface area contributed by atoms with Crippen molar-refractivity contribution in [2.75, 3.05) is 13.2 Å². The van der Waals surface area contributed by atoms with Crippen LogP contribution in [-0.2, 0) is 21.2 Å². The van der Waals surface area contributed by atoms with Gasteiger partial charge < -0.3 is 4.74 Å². The van der Waals surface area contributed by atoms with Gasteiger partial charge in [0.15, 0.2) is 0 Å². The predicted octanol–water partition coefficient (Wildman–Crippen LogP) is 1.30. The maximum Gasteiger partial charge on any atom is 0.238 e. The highest BCUT2D eigenvalue weighted by molar-refractivity contribution is 7.89. The molecule has 17 heavy (non-hydrogen) atoms. The fraction of sp³-hybridized carbons (Fsp3) is 0.500. The zero-order valence-corrected chi connectivity index (χ0v) is 10.4. The molecule has 4 nitrogen and oxygen atoms in total. The monoisotopic (exact) mass is 255 g/mol. The van der Waals surface area contributed by atoms with Gasteiger partial charge in [-0.15, -0.1) is 0 Å². The van der Waals surface area contributed by atoms with Crippen molar-refractivity contribution in [1.29, 1.82) is 0 Å². The number of rotatable bonds is 3. The van der Waals surface area contributed by atoms with E-state index in [0.29, 0.717) is 18.9 Å². The van der Waals surface area contributed by atoms with Crippen molar-refractivity contribution < 1.29 is 13.2 Å². The summed E-state index contributed by atoms with van der Waals surface area (Å²) in [6, 6.07) is 6.93. The first-order valence-electron chi connectivity index (χ1n) is 5.76. The molecule has 1 aliphatic rings. The van der Waals surface area contributed by atoms with E-state index < -0.39 is 10.0 Å². The average molecular weight is 255 g/mol. The second-order valence-corrected chi connectivity index (χ2v) is 5.97. The molecule has 1 saturated heterocycles. The van der Waals surface area contributed by atoms with Crippen molar-refractivity contribution in [1.82, 2.24) is 0 Å². The predicted molar refractivity (Wildman–Crippen MR) is 65.1 cm³/mol. The fourth-order valence-electron chi connectivity index (χ4n) is 2.23. The first-order chi connectivity index (χ1) is 8.07. The Morgan fingerprint density at radius 3 is 2.76 bits per heavy atom. The van der Waals surface area contributed by atoms with Crippen LogP contribution in [0.2, 0.25) is 0 Å². The molecule has 1 aliphatic heterocycles. The van der Waals surface area contributed by atoms with Crippen molar-refractivity contribution in [3.05, 3.63) is 29.8 Å². The summed E-state index contributed by atoms with van der Waals surface area (Å²) in [6.07, 6.45) is 2.84. The normalized spacial score (nSPS) is 21.4. The number of primary sulfonamides is 1. The molecule has 1 aromatic rings. The highest BCUT2D eigenvalue weighted by Gasteiger charge is 2.19. The second-order valence-electron chi connectivity index (χ2n) is 4.44. The highest BCUT2D eigenvalue weighted by Crippen LogP contribution is 2.22. The van der Waals surface area contributed by atoms with E-state index in [1.807, 2.05) is 12.1 Å². The zero-order chi connectivity index (χ0) is 12.3. The molecule has 1 heterocycles. The Morgan fingerprint density at radius 1 is 1.35 bits per heavy atom. The second kappa shape index (κ2) is 5.16. The van der Waals surface area contributed by atoms with Gasteiger partial charge in [0, 0.05) is 13.2 Å². The molecule has 0 spiro atoms. The van der Waals surface area contributed by atoms with Crippen molar-refractivity contribution in [3.63, 3.8) is 0 Å². The molecule has 2 rings (SSSR count). The summed E-state index contributed by atoms with van der Waals surface area (Å²) in [6.45, 7) is 1.52. The molecule has 1 fully saturated rings. The van der Waals surface area contributed by atoms with E-state index in [2.05, 4.69) is 0 Å². The van der Waals surface area contributed by atoms with E-state index in [4.69, 9.17) is 9.88 Å². The maximum absolute atomic E-state index is 11.4. The van der Waals surface area contributed by atoms with E-state index in [1.54, 1.807) is 12.1 Å². The van der Waals surface area contributed by atoms with Gasteiger partial charge in [0.25, 0.3) is 0 Å². The Bertz CT molecular complexity index is 478. The standard InChI is InChI=1S/C12H17NO3S/c13-17(14,15)12-6-2-1-5-11(12)8-10-4-3-7-16-9-10/h1-2,5-6,10H,3-4,7-9H2,(H2,13,14,15). The molecule has 0 bridgehead atoms. The number of nitrogens with two attached hydrogens (primary N) is 1. The molecule has 1 atom stereocenters. The molecule has 5 heteroatoms. The summed E-state index contributed by atoms with van der Waals surface area (Å²) in [5.74, 6) is 0.395. The molecule has 2 N–H and O–H groups in total. The summed E-state index contributed by atoms with van der Waals surface area (Å²) in [5.41, 5.74) is 0.797. The molecule has 94 valence electrons. The van der Waals surface area contributed by atoms with Crippen LogP contribution < -0.4 is 5.14 Å². The number of sulfonamides is 1. The van der Waals surface area contributed by atoms with E-state index >= 15 is 0 Å². The van der Waals surface area contributed by atoms with Crippen LogP contribution in [0.5, 0.6) is 0 Å². The lowest BCUT2D eigenvalue weighted by Crippen LogP contribution is -2.21. The first kappa shape index (κ1) is 12.5. The lowest BCUT2D eigenvalue weighted by Gasteiger charge is -2.22. The van der Waals surface area contributed by atoms with Gasteiger partial charge >= 0.3 is 0 Å². The minimum atomic E-state index is -3.63. The summed E-state index contributed by atoms with van der Waals surface area (Å²) in [7, 11) is -3.63. The van der Waals surface area contributed by atoms with Gasteiger partial charge in [-0.1, -0.05) is 18.2 Å². The van der Waals surface area contributed by atoms with Crippen molar-refractivity contribution in [2.24, 2.45) is 11.1 Å². The van der Waals surface area contributed by atoms with Crippen LogP contribution in [0.25, 0.3) is 0 Å². The quantitative estimate of drug-likeness (QED) is 0.885. The Labute approximate surface area is 102 Å². The van der Waals surface area contributed by atoms with Gasteiger partial charge in [-0.05, 0) is 36.8 Å². The third-order valence-electron chi connectivity index (χ3n) is 3.04. The van der Waals surface area contributed by atoms with Gasteiger partial charge in [-0.25, -0.2) is 13.6 Å². The summed E-state index contributed by atoms with van der Waals surface area (Å²) < 4.78 is 28.3. The lowest BCUT2D eigenvalue weighted by molar-refractivity contribution is 0.0548. The largest absolute Gasteiger partial charge is 0.381 e. The molecule has 0 aromatic heterocycles. The minimum Gasteiger partial charge on any atom is -0.381 e. The Hall–Kier alpha value is -0.910. The summed E-state index contributed by atoms with van der Waals surface area (Å²) in [4.78, 5) is 0.241. The molecule has 0 amide bonds. The Balaban J connectivity index is 2.20. The molecule has 0 radical (unpaired) electrons. The third kappa shape index (κ3) is 3.28. The van der Waals surface area contributed by atoms with Gasteiger partial charge in [-0.3, -0.25) is 0 Å². The van der Waals surface area contributed by atoms with Crippen LogP contribution in [0, 0.1) is 5.92 Å². The SMILES string of the molecule is NS(=O)(=O)c1ccccc1CC1CCCOC1. The van der Waals surface area contributed by atoms with Crippen LogP contribution >= 0.6 is 0 Å². The highest BCUT2D eigenvalue weighted by atomic mass is 32.2. The average Bonchev–Trinajstić information content (AvgIpc) is 2.30. The minimum absolute atomic E-state index is 0.241. The fourth-order valence-corrected chi connectivity index (χ4v) is 3.01. The van der Waals surface area contributed by atoms with Crippen LogP contribution in [0.15, 0.2) is 29.2 Å². The van der Waals surface area contributed by atoms with Gasteiger partial charge in [0.1, 0.15) is 0 Å². The third-order valence-corrected chi connectivity index (χ3v) is 4.05. The van der Waals surface area contributed by atoms with Crippen molar-refractivity contribution in [3.8, 4) is 0 Å². The van der Waals surface area contributed by atoms with Crippen LogP contribution in [0.4, 0.5) is 0 Å². The topological polar surface area (TPSA) is 69.4 Å².